The maximum absolute atomic E-state index is 11.9. The van der Waals surface area contributed by atoms with Gasteiger partial charge < -0.3 is 14.8 Å². The number of carbonyl (C=O) groups excluding carboxylic acids is 2. The first-order valence-electron chi connectivity index (χ1n) is 7.87. The maximum atomic E-state index is 11.9. The van der Waals surface area contributed by atoms with E-state index in [1.165, 1.54) is 19.3 Å². The number of benzene rings is 1. The minimum Gasteiger partial charge on any atom is -0.490 e. The molecule has 1 aromatic carbocycles. The van der Waals surface area contributed by atoms with Gasteiger partial charge in [0.15, 0.2) is 18.1 Å². The molecule has 1 N–H and O–H groups in total. The van der Waals surface area contributed by atoms with E-state index in [1.807, 2.05) is 6.92 Å². The van der Waals surface area contributed by atoms with Crippen molar-refractivity contribution in [1.82, 2.24) is 5.32 Å². The van der Waals surface area contributed by atoms with Gasteiger partial charge in [0.25, 0.3) is 5.91 Å². The van der Waals surface area contributed by atoms with Crippen LogP contribution in [0.15, 0.2) is 18.2 Å². The second-order valence-corrected chi connectivity index (χ2v) is 5.45. The van der Waals surface area contributed by atoms with Crippen molar-refractivity contribution < 1.29 is 19.1 Å². The van der Waals surface area contributed by atoms with Gasteiger partial charge >= 0.3 is 0 Å². The van der Waals surface area contributed by atoms with Crippen molar-refractivity contribution in [3.63, 3.8) is 0 Å². The summed E-state index contributed by atoms with van der Waals surface area (Å²) in [6, 6.07) is 5.19. The summed E-state index contributed by atoms with van der Waals surface area (Å²) in [7, 11) is 0. The van der Waals surface area contributed by atoms with Gasteiger partial charge in [-0.25, -0.2) is 0 Å². The predicted molar refractivity (Wildman–Crippen MR) is 83.5 cm³/mol. The Morgan fingerprint density at radius 2 is 2.00 bits per heavy atom. The van der Waals surface area contributed by atoms with E-state index in [-0.39, 0.29) is 18.6 Å². The fourth-order valence-corrected chi connectivity index (χ4v) is 2.65. The van der Waals surface area contributed by atoms with Crippen LogP contribution in [0.3, 0.4) is 0 Å². The van der Waals surface area contributed by atoms with Crippen molar-refractivity contribution >= 4 is 12.2 Å². The molecule has 1 fully saturated rings. The zero-order valence-electron chi connectivity index (χ0n) is 13.0. The number of amides is 1. The minimum atomic E-state index is -0.117. The van der Waals surface area contributed by atoms with E-state index in [0.717, 1.165) is 19.1 Å². The van der Waals surface area contributed by atoms with Crippen LogP contribution in [0.25, 0.3) is 0 Å². The van der Waals surface area contributed by atoms with Crippen LogP contribution in [0.2, 0.25) is 0 Å². The van der Waals surface area contributed by atoms with Crippen molar-refractivity contribution in [2.24, 2.45) is 0 Å². The lowest BCUT2D eigenvalue weighted by Gasteiger charge is -2.22. The summed E-state index contributed by atoms with van der Waals surface area (Å²) in [6.07, 6.45) is 6.45. The van der Waals surface area contributed by atoms with Gasteiger partial charge in [-0.3, -0.25) is 9.59 Å². The van der Waals surface area contributed by atoms with Crippen molar-refractivity contribution in [3.05, 3.63) is 23.8 Å². The summed E-state index contributed by atoms with van der Waals surface area (Å²) in [6.45, 7) is 2.27. The number of ether oxygens (including phenoxy) is 2. The molecule has 2 rings (SSSR count). The molecule has 1 aromatic rings. The highest BCUT2D eigenvalue weighted by Crippen LogP contribution is 2.28. The molecule has 22 heavy (non-hydrogen) atoms. The van der Waals surface area contributed by atoms with Crippen LogP contribution in [0.4, 0.5) is 0 Å². The molecule has 5 heteroatoms. The molecular weight excluding hydrogens is 282 g/mol. The van der Waals surface area contributed by atoms with Gasteiger partial charge in [0, 0.05) is 11.6 Å². The van der Waals surface area contributed by atoms with Gasteiger partial charge in [0.05, 0.1) is 6.61 Å². The van der Waals surface area contributed by atoms with Gasteiger partial charge in [0.2, 0.25) is 0 Å². The summed E-state index contributed by atoms with van der Waals surface area (Å²) < 4.78 is 11.0. The van der Waals surface area contributed by atoms with Crippen LogP contribution >= 0.6 is 0 Å². The molecule has 1 aliphatic carbocycles. The molecule has 0 radical (unpaired) electrons. The van der Waals surface area contributed by atoms with Crippen LogP contribution in [-0.4, -0.2) is 31.4 Å². The fourth-order valence-electron chi connectivity index (χ4n) is 2.65. The Kier molecular flexibility index (Phi) is 6.25. The Balaban J connectivity index is 1.89. The second-order valence-electron chi connectivity index (χ2n) is 5.45. The zero-order valence-corrected chi connectivity index (χ0v) is 13.0. The zero-order chi connectivity index (χ0) is 15.8. The highest BCUT2D eigenvalue weighted by molar-refractivity contribution is 5.78. The average Bonchev–Trinajstić information content (AvgIpc) is 2.55. The van der Waals surface area contributed by atoms with E-state index in [1.54, 1.807) is 18.2 Å². The van der Waals surface area contributed by atoms with Gasteiger partial charge in [-0.15, -0.1) is 0 Å². The van der Waals surface area contributed by atoms with E-state index in [4.69, 9.17) is 9.47 Å². The van der Waals surface area contributed by atoms with Crippen LogP contribution in [0.5, 0.6) is 11.5 Å². The van der Waals surface area contributed by atoms with Crippen LogP contribution in [0, 0.1) is 0 Å². The van der Waals surface area contributed by atoms with Crippen molar-refractivity contribution in [1.29, 1.82) is 0 Å². The van der Waals surface area contributed by atoms with Crippen molar-refractivity contribution in [3.8, 4) is 11.5 Å². The van der Waals surface area contributed by atoms with E-state index in [2.05, 4.69) is 5.32 Å². The molecule has 0 heterocycles. The first kappa shape index (κ1) is 16.3. The molecule has 1 aliphatic rings. The first-order valence-corrected chi connectivity index (χ1v) is 7.87. The molecular formula is C17H23NO4. The third kappa shape index (κ3) is 4.76. The standard InChI is InChI=1S/C17H23NO4/c1-2-21-16-10-13(11-19)8-9-15(16)22-12-17(20)18-14-6-4-3-5-7-14/h8-11,14H,2-7,12H2,1H3,(H,18,20). The highest BCUT2D eigenvalue weighted by atomic mass is 16.5. The molecule has 5 nitrogen and oxygen atoms in total. The minimum absolute atomic E-state index is 0.0446. The Bertz CT molecular complexity index is 509. The lowest BCUT2D eigenvalue weighted by Crippen LogP contribution is -2.39. The maximum Gasteiger partial charge on any atom is 0.258 e. The summed E-state index contributed by atoms with van der Waals surface area (Å²) in [5, 5.41) is 3.00. The number of carbonyl (C=O) groups is 2. The lowest BCUT2D eigenvalue weighted by atomic mass is 9.95. The fraction of sp³-hybridized carbons (Fsp3) is 0.529. The first-order chi connectivity index (χ1) is 10.7. The van der Waals surface area contributed by atoms with E-state index < -0.39 is 0 Å². The summed E-state index contributed by atoms with van der Waals surface area (Å²) >= 11 is 0. The molecule has 1 saturated carbocycles. The summed E-state index contributed by atoms with van der Waals surface area (Å²) in [5.41, 5.74) is 0.516. The average molecular weight is 305 g/mol. The topological polar surface area (TPSA) is 64.6 Å². The molecule has 0 bridgehead atoms. The number of nitrogens with one attached hydrogen (secondary N) is 1. The van der Waals surface area contributed by atoms with Crippen molar-refractivity contribution in [2.45, 2.75) is 45.1 Å². The van der Waals surface area contributed by atoms with Crippen LogP contribution < -0.4 is 14.8 Å². The molecule has 0 spiro atoms. The number of hydrogen-bond acceptors (Lipinski definition) is 4. The van der Waals surface area contributed by atoms with Gasteiger partial charge in [-0.2, -0.15) is 0 Å². The van der Waals surface area contributed by atoms with Gasteiger partial charge in [0.1, 0.15) is 6.29 Å². The molecule has 0 aliphatic heterocycles. The molecule has 0 unspecified atom stereocenters. The quantitative estimate of drug-likeness (QED) is 0.787. The van der Waals surface area contributed by atoms with Gasteiger partial charge in [-0.1, -0.05) is 19.3 Å². The van der Waals surface area contributed by atoms with E-state index in [0.29, 0.717) is 23.7 Å². The summed E-state index contributed by atoms with van der Waals surface area (Å²) in [5.74, 6) is 0.845. The Morgan fingerprint density at radius 1 is 1.23 bits per heavy atom. The molecule has 120 valence electrons. The normalized spacial score (nSPS) is 15.1. The number of rotatable bonds is 7. The van der Waals surface area contributed by atoms with E-state index in [9.17, 15) is 9.59 Å². The third-order valence-corrected chi connectivity index (χ3v) is 3.73. The summed E-state index contributed by atoms with van der Waals surface area (Å²) in [4.78, 5) is 22.7. The largest absolute Gasteiger partial charge is 0.490 e. The van der Waals surface area contributed by atoms with Crippen molar-refractivity contribution in [2.75, 3.05) is 13.2 Å². The molecule has 0 saturated heterocycles. The number of hydrogen-bond donors (Lipinski definition) is 1. The SMILES string of the molecule is CCOc1cc(C=O)ccc1OCC(=O)NC1CCCCC1. The second kappa shape index (κ2) is 8.41. The smallest absolute Gasteiger partial charge is 0.258 e. The molecule has 0 atom stereocenters. The Labute approximate surface area is 131 Å². The predicted octanol–water partition coefficient (Wildman–Crippen LogP) is 2.73. The molecule has 1 amide bonds. The lowest BCUT2D eigenvalue weighted by molar-refractivity contribution is -0.124. The third-order valence-electron chi connectivity index (χ3n) is 3.73. The van der Waals surface area contributed by atoms with Crippen LogP contribution in [-0.2, 0) is 4.79 Å². The Hall–Kier alpha value is -2.04. The monoisotopic (exact) mass is 305 g/mol. The van der Waals surface area contributed by atoms with Gasteiger partial charge in [-0.05, 0) is 38.0 Å². The highest BCUT2D eigenvalue weighted by Gasteiger charge is 2.16. The Morgan fingerprint density at radius 3 is 2.68 bits per heavy atom. The molecule has 0 aromatic heterocycles. The van der Waals surface area contributed by atoms with E-state index >= 15 is 0 Å². The van der Waals surface area contributed by atoms with Crippen LogP contribution in [0.1, 0.15) is 49.4 Å². The number of aldehydes is 1.